The summed E-state index contributed by atoms with van der Waals surface area (Å²) in [5.74, 6) is 2.27. The summed E-state index contributed by atoms with van der Waals surface area (Å²) in [6.07, 6.45) is 2.40. The Hall–Kier alpha value is -7.02. The number of carbonyl (C=O) groups is 2. The Labute approximate surface area is 325 Å². The van der Waals surface area contributed by atoms with E-state index >= 15 is 0 Å². The number of anilines is 1. The zero-order chi connectivity index (χ0) is 38.6. The largest absolute Gasteiger partial charge is 0.495 e. The highest BCUT2D eigenvalue weighted by Gasteiger charge is 2.61. The van der Waals surface area contributed by atoms with Crippen molar-refractivity contribution in [3.05, 3.63) is 125 Å². The molecule has 3 aromatic heterocycles. The van der Waals surface area contributed by atoms with Gasteiger partial charge in [0.05, 0.1) is 18.8 Å². The van der Waals surface area contributed by atoms with Gasteiger partial charge < -0.3 is 44.0 Å². The second-order valence-electron chi connectivity index (χ2n) is 15.2. The third-order valence-electron chi connectivity index (χ3n) is 11.6. The molecular weight excluding hydrogens is 725 g/mol. The van der Waals surface area contributed by atoms with Crippen LogP contribution in [0, 0.1) is 5.92 Å². The van der Waals surface area contributed by atoms with Gasteiger partial charge in [0, 0.05) is 45.9 Å². The number of nitrogens with zero attached hydrogens (tertiary/aromatic N) is 2. The highest BCUT2D eigenvalue weighted by Crippen LogP contribution is 2.61. The number of methoxy groups -OCH3 is 1. The fraction of sp³-hybridized carbons (Fsp3) is 0.227. The minimum absolute atomic E-state index is 0.0572. The molecule has 4 aliphatic heterocycles. The molecule has 4 aliphatic rings. The minimum atomic E-state index is -1.08. The molecule has 0 fully saturated rings. The summed E-state index contributed by atoms with van der Waals surface area (Å²) >= 11 is 0. The van der Waals surface area contributed by atoms with Gasteiger partial charge in [0.1, 0.15) is 35.6 Å². The first-order chi connectivity index (χ1) is 27.8. The second kappa shape index (κ2) is 12.2. The predicted molar refractivity (Wildman–Crippen MR) is 209 cm³/mol. The molecule has 11 rings (SSSR count). The molecule has 7 heterocycles. The first kappa shape index (κ1) is 33.3. The lowest BCUT2D eigenvalue weighted by Crippen LogP contribution is -2.49. The van der Waals surface area contributed by atoms with E-state index in [0.29, 0.717) is 28.7 Å². The highest BCUT2D eigenvalue weighted by atomic mass is 16.5. The average molecular weight is 761 g/mol. The van der Waals surface area contributed by atoms with Crippen LogP contribution in [-0.4, -0.2) is 46.3 Å². The van der Waals surface area contributed by atoms with E-state index in [2.05, 4.69) is 45.2 Å². The summed E-state index contributed by atoms with van der Waals surface area (Å²) in [6.45, 7) is 4.01. The first-order valence-electron chi connectivity index (χ1n) is 19.0. The minimum Gasteiger partial charge on any atom is -0.495 e. The Balaban J connectivity index is 1.14. The van der Waals surface area contributed by atoms with Crippen LogP contribution in [0.3, 0.4) is 0 Å². The number of ether oxygens (including phenoxy) is 3. The van der Waals surface area contributed by atoms with Crippen molar-refractivity contribution in [2.75, 3.05) is 12.4 Å². The van der Waals surface area contributed by atoms with Crippen molar-refractivity contribution in [2.45, 2.75) is 50.6 Å². The molecule has 4 N–H and O–H groups in total. The van der Waals surface area contributed by atoms with E-state index in [1.54, 1.807) is 13.3 Å². The fourth-order valence-electron chi connectivity index (χ4n) is 8.97. The molecule has 7 aromatic rings. The topological polar surface area (TPSA) is 166 Å². The number of fused-ring (bicyclic) bond motifs is 7. The maximum atomic E-state index is 14.3. The average Bonchev–Trinajstić information content (AvgIpc) is 4.05. The molecule has 4 atom stereocenters. The molecule has 4 aromatic carbocycles. The number of aromatic nitrogens is 3. The van der Waals surface area contributed by atoms with Crippen LogP contribution >= 0.6 is 0 Å². The van der Waals surface area contributed by atoms with Crippen molar-refractivity contribution >= 4 is 28.6 Å². The van der Waals surface area contributed by atoms with Crippen LogP contribution in [0.15, 0.2) is 100 Å². The zero-order valence-electron chi connectivity index (χ0n) is 31.1. The van der Waals surface area contributed by atoms with E-state index in [0.717, 1.165) is 55.5 Å². The summed E-state index contributed by atoms with van der Waals surface area (Å²) in [6, 6.07) is 23.8. The summed E-state index contributed by atoms with van der Waals surface area (Å²) in [5.41, 5.74) is 7.07. The summed E-state index contributed by atoms with van der Waals surface area (Å²) in [7, 11) is 1.65. The Morgan fingerprint density at radius 2 is 1.86 bits per heavy atom. The Bertz CT molecular complexity index is 2790. The molecule has 2 unspecified atom stereocenters. The maximum Gasteiger partial charge on any atom is 0.408 e. The molecule has 13 nitrogen and oxygen atoms in total. The van der Waals surface area contributed by atoms with Crippen molar-refractivity contribution in [1.82, 2.24) is 25.6 Å². The number of nitrogens with one attached hydrogen (secondary N) is 4. The zero-order valence-corrected chi connectivity index (χ0v) is 31.1. The quantitative estimate of drug-likeness (QED) is 0.137. The van der Waals surface area contributed by atoms with Gasteiger partial charge >= 0.3 is 6.09 Å². The lowest BCUT2D eigenvalue weighted by Gasteiger charge is -2.28. The molecule has 1 spiro atoms. The molecule has 0 radical (unpaired) electrons. The number of oxazole rings is 2. The summed E-state index contributed by atoms with van der Waals surface area (Å²) < 4.78 is 31.9. The number of rotatable bonds is 5. The van der Waals surface area contributed by atoms with E-state index in [4.69, 9.17) is 33.0 Å². The molecule has 2 amide bonds. The number of aromatic amines is 1. The molecule has 0 saturated heterocycles. The molecular formula is C44H36N6O7. The van der Waals surface area contributed by atoms with Crippen LogP contribution in [0.2, 0.25) is 0 Å². The molecule has 10 bridgehead atoms. The van der Waals surface area contributed by atoms with Gasteiger partial charge in [-0.05, 0) is 40.8 Å². The smallest absolute Gasteiger partial charge is 0.408 e. The second-order valence-corrected chi connectivity index (χ2v) is 15.2. The van der Waals surface area contributed by atoms with Crippen LogP contribution in [0.1, 0.15) is 53.8 Å². The van der Waals surface area contributed by atoms with E-state index in [-0.39, 0.29) is 30.7 Å². The number of alkyl carbamates (subject to hydrolysis) is 1. The van der Waals surface area contributed by atoms with Crippen molar-refractivity contribution in [2.24, 2.45) is 5.92 Å². The van der Waals surface area contributed by atoms with E-state index in [9.17, 15) is 9.59 Å². The van der Waals surface area contributed by atoms with Crippen LogP contribution < -0.4 is 25.4 Å². The lowest BCUT2D eigenvalue weighted by atomic mass is 9.72. The van der Waals surface area contributed by atoms with Gasteiger partial charge in [-0.2, -0.15) is 0 Å². The van der Waals surface area contributed by atoms with Crippen LogP contribution in [0.4, 0.5) is 10.5 Å². The maximum absolute atomic E-state index is 14.3. The van der Waals surface area contributed by atoms with Gasteiger partial charge in [-0.25, -0.2) is 14.8 Å². The third kappa shape index (κ3) is 4.81. The van der Waals surface area contributed by atoms with E-state index in [1.807, 2.05) is 74.6 Å². The monoisotopic (exact) mass is 760 g/mol. The Morgan fingerprint density at radius 1 is 0.982 bits per heavy atom. The molecule has 284 valence electrons. The van der Waals surface area contributed by atoms with Crippen LogP contribution in [0.25, 0.3) is 44.9 Å². The van der Waals surface area contributed by atoms with Gasteiger partial charge in [0.2, 0.25) is 17.7 Å². The summed E-state index contributed by atoms with van der Waals surface area (Å²) in [5, 5.41) is 10.7. The first-order valence-corrected chi connectivity index (χ1v) is 19.0. The van der Waals surface area contributed by atoms with Gasteiger partial charge in [-0.3, -0.25) is 4.79 Å². The van der Waals surface area contributed by atoms with Crippen molar-refractivity contribution in [1.29, 1.82) is 0 Å². The van der Waals surface area contributed by atoms with Crippen molar-refractivity contribution in [3.63, 3.8) is 0 Å². The number of carbonyl (C=O) groups excluding carboxylic acids is 2. The SMILES string of the molecule is COc1ccc2c3c(c[nH]c13)-c1cnc(o1)-c1nc3oc1C14c5cc(ccc5OC1Nc1c-2cccc14)C[C@H](NC(=O)OCc1ccccc1)C(=O)N[C@H]3C(C)C. The number of amides is 2. The number of benzene rings is 4. The predicted octanol–water partition coefficient (Wildman–Crippen LogP) is 7.61. The van der Waals surface area contributed by atoms with Crippen molar-refractivity contribution < 1.29 is 32.6 Å². The third-order valence-corrected chi connectivity index (χ3v) is 11.6. The number of hydrogen-bond acceptors (Lipinski definition) is 10. The van der Waals surface area contributed by atoms with Gasteiger partial charge in [-0.1, -0.05) is 74.5 Å². The summed E-state index contributed by atoms with van der Waals surface area (Å²) in [4.78, 5) is 40.9. The van der Waals surface area contributed by atoms with Gasteiger partial charge in [-0.15, -0.1) is 0 Å². The molecule has 13 heteroatoms. The fourth-order valence-corrected chi connectivity index (χ4v) is 8.97. The lowest BCUT2D eigenvalue weighted by molar-refractivity contribution is -0.124. The standard InChI is InChI=1S/C44H36N6O7/c1-21(2)34-41-49-37-38(57-41)44-27-11-7-10-25(24-13-15-31(53-3)36-33(24)26(18-45-36)32-19-46-40(37)55-32)35(27)50-42(44)56-30-14-12-23(16-28(30)44)17-29(39(51)48-34)47-43(52)54-20-22-8-5-4-6-9-22/h4-16,18-19,21,29,34,42,45,50H,17,20H2,1-3H3,(H,47,52)(H,48,51)/t29-,34-,42?,44?/m0/s1. The van der Waals surface area contributed by atoms with E-state index < -0.39 is 35.7 Å². The molecule has 0 aliphatic carbocycles. The normalized spacial score (nSPS) is 20.8. The highest BCUT2D eigenvalue weighted by molar-refractivity contribution is 6.09. The number of hydrogen-bond donors (Lipinski definition) is 4. The number of H-pyrrole nitrogens is 1. The Kier molecular flexibility index (Phi) is 7.16. The van der Waals surface area contributed by atoms with Crippen LogP contribution in [-0.2, 0) is 28.0 Å². The number of para-hydroxylation sites is 1. The van der Waals surface area contributed by atoms with Gasteiger partial charge in [0.15, 0.2) is 23.4 Å². The Morgan fingerprint density at radius 3 is 2.70 bits per heavy atom. The van der Waals surface area contributed by atoms with Gasteiger partial charge in [0.25, 0.3) is 0 Å². The molecule has 0 saturated carbocycles. The van der Waals surface area contributed by atoms with Crippen LogP contribution in [0.5, 0.6) is 11.5 Å². The van der Waals surface area contributed by atoms with Crippen molar-refractivity contribution in [3.8, 4) is 45.5 Å². The molecule has 57 heavy (non-hydrogen) atoms. The van der Waals surface area contributed by atoms with E-state index in [1.165, 1.54) is 0 Å².